The van der Waals surface area contributed by atoms with Crippen molar-refractivity contribution in [1.29, 1.82) is 0 Å². The van der Waals surface area contributed by atoms with Crippen molar-refractivity contribution in [2.75, 3.05) is 12.4 Å². The number of benzene rings is 1. The van der Waals surface area contributed by atoms with Crippen molar-refractivity contribution >= 4 is 16.6 Å². The Bertz CT molecular complexity index is 644. The van der Waals surface area contributed by atoms with Gasteiger partial charge in [-0.1, -0.05) is 0 Å². The van der Waals surface area contributed by atoms with Crippen LogP contribution in [-0.4, -0.2) is 24.2 Å². The van der Waals surface area contributed by atoms with E-state index in [1.54, 1.807) is 19.2 Å². The van der Waals surface area contributed by atoms with Gasteiger partial charge < -0.3 is 10.1 Å². The van der Waals surface area contributed by atoms with Gasteiger partial charge in [-0.2, -0.15) is 0 Å². The molecule has 112 valence electrons. The summed E-state index contributed by atoms with van der Waals surface area (Å²) in [4.78, 5) is 4.47. The largest absolute Gasteiger partial charge is 0.382 e. The topological polar surface area (TPSA) is 34.1 Å². The first-order chi connectivity index (χ1) is 10.2. The van der Waals surface area contributed by atoms with Crippen molar-refractivity contribution in [2.45, 2.75) is 44.8 Å². The number of anilines is 1. The minimum absolute atomic E-state index is 0.227. The number of aryl methyl sites for hydroxylation is 1. The summed E-state index contributed by atoms with van der Waals surface area (Å²) in [6.45, 7) is 1.97. The zero-order valence-electron chi connectivity index (χ0n) is 12.5. The van der Waals surface area contributed by atoms with Gasteiger partial charge in [-0.25, -0.2) is 4.39 Å². The summed E-state index contributed by atoms with van der Waals surface area (Å²) in [5.74, 6) is -0.227. The third-order valence-corrected chi connectivity index (χ3v) is 4.22. The third-order valence-electron chi connectivity index (χ3n) is 4.22. The molecule has 1 fully saturated rings. The van der Waals surface area contributed by atoms with Crippen LogP contribution in [-0.2, 0) is 4.74 Å². The summed E-state index contributed by atoms with van der Waals surface area (Å²) in [5, 5.41) is 4.42. The zero-order chi connectivity index (χ0) is 14.8. The fourth-order valence-electron chi connectivity index (χ4n) is 3.16. The molecule has 4 heteroatoms. The first-order valence-corrected chi connectivity index (χ1v) is 7.52. The summed E-state index contributed by atoms with van der Waals surface area (Å²) in [5.41, 5.74) is 2.74. The SMILES string of the molecule is COC1CCCC(Nc2cc(C)nc3ccc(F)cc23)C1. The molecule has 1 heterocycles. The molecule has 1 aliphatic carbocycles. The highest BCUT2D eigenvalue weighted by Crippen LogP contribution is 2.28. The Hall–Kier alpha value is -1.68. The number of hydrogen-bond acceptors (Lipinski definition) is 3. The predicted molar refractivity (Wildman–Crippen MR) is 83.1 cm³/mol. The molecule has 1 aromatic carbocycles. The molecule has 2 unspecified atom stereocenters. The summed E-state index contributed by atoms with van der Waals surface area (Å²) < 4.78 is 19.0. The molecule has 0 saturated heterocycles. The quantitative estimate of drug-likeness (QED) is 0.925. The molecule has 0 aliphatic heterocycles. The molecule has 0 amide bonds. The van der Waals surface area contributed by atoms with Crippen LogP contribution in [0.2, 0.25) is 0 Å². The predicted octanol–water partition coefficient (Wildman–Crippen LogP) is 4.05. The smallest absolute Gasteiger partial charge is 0.124 e. The summed E-state index contributed by atoms with van der Waals surface area (Å²) in [6, 6.07) is 7.12. The van der Waals surface area contributed by atoms with E-state index in [-0.39, 0.29) is 5.82 Å². The van der Waals surface area contributed by atoms with Crippen LogP contribution >= 0.6 is 0 Å². The van der Waals surface area contributed by atoms with Crippen molar-refractivity contribution in [3.8, 4) is 0 Å². The van der Waals surface area contributed by atoms with Crippen LogP contribution in [0.5, 0.6) is 0 Å². The van der Waals surface area contributed by atoms with Crippen LogP contribution < -0.4 is 5.32 Å². The number of methoxy groups -OCH3 is 1. The van der Waals surface area contributed by atoms with Crippen LogP contribution in [0, 0.1) is 12.7 Å². The second-order valence-electron chi connectivity index (χ2n) is 5.84. The number of hydrogen-bond donors (Lipinski definition) is 1. The molecule has 21 heavy (non-hydrogen) atoms. The Morgan fingerprint density at radius 3 is 2.95 bits per heavy atom. The number of aromatic nitrogens is 1. The van der Waals surface area contributed by atoms with Crippen LogP contribution in [0.25, 0.3) is 10.9 Å². The lowest BCUT2D eigenvalue weighted by molar-refractivity contribution is 0.0669. The minimum atomic E-state index is -0.227. The summed E-state index contributed by atoms with van der Waals surface area (Å²) >= 11 is 0. The lowest BCUT2D eigenvalue weighted by Gasteiger charge is -2.30. The number of fused-ring (bicyclic) bond motifs is 1. The zero-order valence-corrected chi connectivity index (χ0v) is 12.5. The number of pyridine rings is 1. The standard InChI is InChI=1S/C17H21FN2O/c1-11-8-17(15-9-12(18)6-7-16(15)19-11)20-13-4-3-5-14(10-13)21-2/h6-9,13-14H,3-5,10H2,1-2H3,(H,19,20). The van der Waals surface area contributed by atoms with Gasteiger partial charge in [-0.3, -0.25) is 4.98 Å². The maximum absolute atomic E-state index is 13.5. The summed E-state index contributed by atoms with van der Waals surface area (Å²) in [6.07, 6.45) is 4.72. The highest BCUT2D eigenvalue weighted by Gasteiger charge is 2.22. The van der Waals surface area contributed by atoms with Gasteiger partial charge in [0.2, 0.25) is 0 Å². The lowest BCUT2D eigenvalue weighted by atomic mass is 9.92. The van der Waals surface area contributed by atoms with E-state index in [9.17, 15) is 4.39 Å². The molecule has 3 rings (SSSR count). The maximum atomic E-state index is 13.5. The normalized spacial score (nSPS) is 22.4. The lowest BCUT2D eigenvalue weighted by Crippen LogP contribution is -2.31. The van der Waals surface area contributed by atoms with E-state index < -0.39 is 0 Å². The van der Waals surface area contributed by atoms with E-state index in [1.807, 2.05) is 13.0 Å². The fourth-order valence-corrected chi connectivity index (χ4v) is 3.16. The van der Waals surface area contributed by atoms with Crippen molar-refractivity contribution < 1.29 is 9.13 Å². The van der Waals surface area contributed by atoms with Gasteiger partial charge in [0.15, 0.2) is 0 Å². The number of halogens is 1. The van der Waals surface area contributed by atoms with Crippen molar-refractivity contribution in [1.82, 2.24) is 4.98 Å². The molecular formula is C17H21FN2O. The first kappa shape index (κ1) is 14.3. The van der Waals surface area contributed by atoms with Crippen LogP contribution in [0.15, 0.2) is 24.3 Å². The molecule has 0 bridgehead atoms. The maximum Gasteiger partial charge on any atom is 0.124 e. The van der Waals surface area contributed by atoms with E-state index in [4.69, 9.17) is 4.74 Å². The second-order valence-corrected chi connectivity index (χ2v) is 5.84. The molecule has 3 nitrogen and oxygen atoms in total. The van der Waals surface area contributed by atoms with E-state index >= 15 is 0 Å². The number of ether oxygens (including phenoxy) is 1. The Kier molecular flexibility index (Phi) is 4.06. The molecule has 0 spiro atoms. The van der Waals surface area contributed by atoms with E-state index in [2.05, 4.69) is 10.3 Å². The molecule has 1 saturated carbocycles. The molecule has 2 atom stereocenters. The first-order valence-electron chi connectivity index (χ1n) is 7.52. The molecule has 1 aromatic heterocycles. The van der Waals surface area contributed by atoms with E-state index in [1.165, 1.54) is 6.07 Å². The Balaban J connectivity index is 1.90. The molecule has 1 aliphatic rings. The van der Waals surface area contributed by atoms with Crippen molar-refractivity contribution in [3.05, 3.63) is 35.8 Å². The number of nitrogens with zero attached hydrogens (tertiary/aromatic N) is 1. The van der Waals surface area contributed by atoms with Crippen molar-refractivity contribution in [3.63, 3.8) is 0 Å². The Morgan fingerprint density at radius 2 is 2.14 bits per heavy atom. The Labute approximate surface area is 124 Å². The second kappa shape index (κ2) is 5.98. The van der Waals surface area contributed by atoms with Crippen molar-refractivity contribution in [2.24, 2.45) is 0 Å². The Morgan fingerprint density at radius 1 is 1.29 bits per heavy atom. The van der Waals surface area contributed by atoms with Crippen LogP contribution in [0.1, 0.15) is 31.4 Å². The van der Waals surface area contributed by atoms with E-state index in [0.717, 1.165) is 48.0 Å². The van der Waals surface area contributed by atoms with Gasteiger partial charge in [0.1, 0.15) is 5.82 Å². The van der Waals surface area contributed by atoms with Gasteiger partial charge in [0.25, 0.3) is 0 Å². The van der Waals surface area contributed by atoms with Crippen LogP contribution in [0.4, 0.5) is 10.1 Å². The third kappa shape index (κ3) is 3.16. The van der Waals surface area contributed by atoms with Gasteiger partial charge in [0, 0.05) is 29.9 Å². The van der Waals surface area contributed by atoms with Crippen LogP contribution in [0.3, 0.4) is 0 Å². The highest BCUT2D eigenvalue weighted by molar-refractivity contribution is 5.91. The molecule has 0 radical (unpaired) electrons. The monoisotopic (exact) mass is 288 g/mol. The van der Waals surface area contributed by atoms with Gasteiger partial charge in [-0.05, 0) is 56.9 Å². The average Bonchev–Trinajstić information content (AvgIpc) is 2.48. The fraction of sp³-hybridized carbons (Fsp3) is 0.471. The summed E-state index contributed by atoms with van der Waals surface area (Å²) in [7, 11) is 1.77. The molecular weight excluding hydrogens is 267 g/mol. The van der Waals surface area contributed by atoms with E-state index in [0.29, 0.717) is 12.1 Å². The molecule has 1 N–H and O–H groups in total. The number of nitrogens with one attached hydrogen (secondary N) is 1. The highest BCUT2D eigenvalue weighted by atomic mass is 19.1. The number of rotatable bonds is 3. The van der Waals surface area contributed by atoms with Gasteiger partial charge in [-0.15, -0.1) is 0 Å². The average molecular weight is 288 g/mol. The van der Waals surface area contributed by atoms with Gasteiger partial charge in [0.05, 0.1) is 11.6 Å². The molecule has 2 aromatic rings. The van der Waals surface area contributed by atoms with Gasteiger partial charge >= 0.3 is 0 Å². The minimum Gasteiger partial charge on any atom is -0.382 e.